The second-order valence-corrected chi connectivity index (χ2v) is 7.52. The average Bonchev–Trinajstić information content (AvgIpc) is 3.38. The SMILES string of the molecule is COc1ccc(C2CCCN2Cc2nc3c(oc4ccccc43)c(=O)[nH]2)c(OC)c1. The van der Waals surface area contributed by atoms with Crippen LogP contribution in [-0.4, -0.2) is 35.6 Å². The number of methoxy groups -OCH3 is 2. The minimum atomic E-state index is -0.246. The summed E-state index contributed by atoms with van der Waals surface area (Å²) in [6.07, 6.45) is 2.09. The summed E-state index contributed by atoms with van der Waals surface area (Å²) < 4.78 is 16.6. The third-order valence-corrected chi connectivity index (χ3v) is 5.80. The van der Waals surface area contributed by atoms with Crippen LogP contribution in [0.2, 0.25) is 0 Å². The van der Waals surface area contributed by atoms with Gasteiger partial charge in [-0.1, -0.05) is 18.2 Å². The van der Waals surface area contributed by atoms with Gasteiger partial charge >= 0.3 is 0 Å². The molecule has 5 rings (SSSR count). The van der Waals surface area contributed by atoms with Crippen molar-refractivity contribution >= 4 is 22.1 Å². The summed E-state index contributed by atoms with van der Waals surface area (Å²) in [5.74, 6) is 2.21. The number of benzene rings is 2. The maximum atomic E-state index is 12.6. The monoisotopic (exact) mass is 405 g/mol. The van der Waals surface area contributed by atoms with Gasteiger partial charge in [0.25, 0.3) is 5.56 Å². The summed E-state index contributed by atoms with van der Waals surface area (Å²) in [6, 6.07) is 13.7. The van der Waals surface area contributed by atoms with Crippen molar-refractivity contribution in [2.24, 2.45) is 0 Å². The molecule has 4 aromatic rings. The Labute approximate surface area is 173 Å². The van der Waals surface area contributed by atoms with Crippen molar-refractivity contribution in [3.8, 4) is 11.5 Å². The topological polar surface area (TPSA) is 80.6 Å². The van der Waals surface area contributed by atoms with Crippen LogP contribution in [0.1, 0.15) is 30.3 Å². The van der Waals surface area contributed by atoms with Crippen molar-refractivity contribution in [3.05, 3.63) is 64.2 Å². The summed E-state index contributed by atoms with van der Waals surface area (Å²) in [5.41, 5.74) is 2.43. The largest absolute Gasteiger partial charge is 0.497 e. The zero-order valence-corrected chi connectivity index (χ0v) is 17.0. The van der Waals surface area contributed by atoms with Gasteiger partial charge in [-0.15, -0.1) is 0 Å². The van der Waals surface area contributed by atoms with E-state index < -0.39 is 0 Å². The Bertz CT molecular complexity index is 1280. The van der Waals surface area contributed by atoms with E-state index in [1.807, 2.05) is 36.4 Å². The van der Waals surface area contributed by atoms with Gasteiger partial charge in [0.05, 0.1) is 20.8 Å². The molecule has 7 nitrogen and oxygen atoms in total. The van der Waals surface area contributed by atoms with E-state index in [0.717, 1.165) is 41.8 Å². The van der Waals surface area contributed by atoms with Crippen LogP contribution in [0.5, 0.6) is 11.5 Å². The summed E-state index contributed by atoms with van der Waals surface area (Å²) in [4.78, 5) is 22.6. The molecule has 1 fully saturated rings. The van der Waals surface area contributed by atoms with E-state index in [-0.39, 0.29) is 17.2 Å². The lowest BCUT2D eigenvalue weighted by atomic mass is 10.0. The third kappa shape index (κ3) is 3.11. The molecule has 3 heterocycles. The summed E-state index contributed by atoms with van der Waals surface area (Å²) in [5, 5.41) is 0.856. The van der Waals surface area contributed by atoms with Crippen molar-refractivity contribution < 1.29 is 13.9 Å². The average molecular weight is 405 g/mol. The lowest BCUT2D eigenvalue weighted by molar-refractivity contribution is 0.237. The van der Waals surface area contributed by atoms with E-state index in [4.69, 9.17) is 18.9 Å². The number of H-pyrrole nitrogens is 1. The second-order valence-electron chi connectivity index (χ2n) is 7.52. The molecule has 30 heavy (non-hydrogen) atoms. The Balaban J connectivity index is 1.50. The molecule has 0 aliphatic carbocycles. The lowest BCUT2D eigenvalue weighted by Crippen LogP contribution is -2.25. The molecule has 1 aliphatic rings. The van der Waals surface area contributed by atoms with Crippen LogP contribution in [0.15, 0.2) is 51.7 Å². The zero-order valence-electron chi connectivity index (χ0n) is 17.0. The third-order valence-electron chi connectivity index (χ3n) is 5.80. The van der Waals surface area contributed by atoms with Crippen LogP contribution in [0.4, 0.5) is 0 Å². The molecule has 1 N–H and O–H groups in total. The predicted molar refractivity (Wildman–Crippen MR) is 114 cm³/mol. The first-order valence-corrected chi connectivity index (χ1v) is 10.0. The second kappa shape index (κ2) is 7.50. The van der Waals surface area contributed by atoms with Crippen molar-refractivity contribution in [3.63, 3.8) is 0 Å². The molecule has 0 spiro atoms. The van der Waals surface area contributed by atoms with Gasteiger partial charge in [0.1, 0.15) is 28.4 Å². The highest BCUT2D eigenvalue weighted by Gasteiger charge is 2.29. The van der Waals surface area contributed by atoms with Gasteiger partial charge in [-0.25, -0.2) is 4.98 Å². The number of furan rings is 1. The number of hydrogen-bond acceptors (Lipinski definition) is 6. The fourth-order valence-corrected chi connectivity index (χ4v) is 4.38. The van der Waals surface area contributed by atoms with Crippen molar-refractivity contribution in [1.82, 2.24) is 14.9 Å². The first-order valence-electron chi connectivity index (χ1n) is 10.0. The predicted octanol–water partition coefficient (Wildman–Crippen LogP) is 4.02. The molecule has 154 valence electrons. The number of hydrogen-bond donors (Lipinski definition) is 1. The van der Waals surface area contributed by atoms with E-state index in [1.54, 1.807) is 14.2 Å². The van der Waals surface area contributed by atoms with Gasteiger partial charge in [-0.05, 0) is 37.6 Å². The molecule has 0 radical (unpaired) electrons. The number of ether oxygens (including phenoxy) is 2. The standard InChI is InChI=1S/C23H23N3O4/c1-28-14-9-10-15(19(12-14)29-2)17-7-5-11-26(17)13-20-24-21-16-6-3-4-8-18(16)30-22(21)23(27)25-20/h3-4,6,8-10,12,17H,5,7,11,13H2,1-2H3,(H,24,25,27). The Morgan fingerprint density at radius 2 is 2.07 bits per heavy atom. The number of likely N-dealkylation sites (tertiary alicyclic amines) is 1. The molecule has 0 bridgehead atoms. The minimum Gasteiger partial charge on any atom is -0.497 e. The molecule has 1 unspecified atom stereocenters. The fourth-order valence-electron chi connectivity index (χ4n) is 4.38. The molecular weight excluding hydrogens is 382 g/mol. The number of para-hydroxylation sites is 1. The van der Waals surface area contributed by atoms with Gasteiger partial charge in [0.2, 0.25) is 5.58 Å². The van der Waals surface area contributed by atoms with Gasteiger partial charge in [-0.3, -0.25) is 9.69 Å². The highest BCUT2D eigenvalue weighted by atomic mass is 16.5. The van der Waals surface area contributed by atoms with Crippen molar-refractivity contribution in [2.45, 2.75) is 25.4 Å². The Kier molecular flexibility index (Phi) is 4.67. The number of fused-ring (bicyclic) bond motifs is 3. The van der Waals surface area contributed by atoms with Gasteiger partial charge in [0, 0.05) is 23.1 Å². The van der Waals surface area contributed by atoms with Crippen LogP contribution in [0.25, 0.3) is 22.1 Å². The van der Waals surface area contributed by atoms with E-state index >= 15 is 0 Å². The molecule has 2 aromatic carbocycles. The minimum absolute atomic E-state index is 0.188. The van der Waals surface area contributed by atoms with E-state index in [0.29, 0.717) is 23.5 Å². The van der Waals surface area contributed by atoms with E-state index in [2.05, 4.69) is 16.0 Å². The molecule has 0 amide bonds. The normalized spacial score (nSPS) is 17.1. The quantitative estimate of drug-likeness (QED) is 0.540. The lowest BCUT2D eigenvalue weighted by Gasteiger charge is -2.25. The van der Waals surface area contributed by atoms with Crippen LogP contribution in [-0.2, 0) is 6.54 Å². The Morgan fingerprint density at radius 1 is 1.20 bits per heavy atom. The zero-order chi connectivity index (χ0) is 20.7. The first-order chi connectivity index (χ1) is 14.7. The molecule has 1 saturated heterocycles. The molecule has 7 heteroatoms. The summed E-state index contributed by atoms with van der Waals surface area (Å²) in [7, 11) is 3.32. The number of nitrogens with zero attached hydrogens (tertiary/aromatic N) is 2. The van der Waals surface area contributed by atoms with Gasteiger partial charge < -0.3 is 18.9 Å². The molecule has 0 saturated carbocycles. The van der Waals surface area contributed by atoms with Gasteiger partial charge in [0.15, 0.2) is 0 Å². The van der Waals surface area contributed by atoms with Crippen molar-refractivity contribution in [1.29, 1.82) is 0 Å². The first kappa shape index (κ1) is 18.7. The Morgan fingerprint density at radius 3 is 2.90 bits per heavy atom. The van der Waals surface area contributed by atoms with Crippen LogP contribution >= 0.6 is 0 Å². The molecule has 1 atom stereocenters. The van der Waals surface area contributed by atoms with Crippen LogP contribution in [0.3, 0.4) is 0 Å². The van der Waals surface area contributed by atoms with Crippen LogP contribution < -0.4 is 15.0 Å². The smallest absolute Gasteiger partial charge is 0.294 e. The maximum absolute atomic E-state index is 12.6. The number of nitrogens with one attached hydrogen (secondary N) is 1. The number of aromatic amines is 1. The number of rotatable bonds is 5. The van der Waals surface area contributed by atoms with Crippen molar-refractivity contribution in [2.75, 3.05) is 20.8 Å². The maximum Gasteiger partial charge on any atom is 0.294 e. The Hall–Kier alpha value is -3.32. The molecule has 1 aliphatic heterocycles. The van der Waals surface area contributed by atoms with E-state index in [1.165, 1.54) is 0 Å². The highest BCUT2D eigenvalue weighted by molar-refractivity contribution is 6.01. The summed E-state index contributed by atoms with van der Waals surface area (Å²) >= 11 is 0. The highest BCUT2D eigenvalue weighted by Crippen LogP contribution is 2.39. The van der Waals surface area contributed by atoms with E-state index in [9.17, 15) is 4.79 Å². The number of aromatic nitrogens is 2. The van der Waals surface area contributed by atoms with Gasteiger partial charge in [-0.2, -0.15) is 0 Å². The molecule has 2 aromatic heterocycles. The summed E-state index contributed by atoms with van der Waals surface area (Å²) in [6.45, 7) is 1.47. The molecular formula is C23H23N3O4. The van der Waals surface area contributed by atoms with Crippen LogP contribution in [0, 0.1) is 0 Å². The fraction of sp³-hybridized carbons (Fsp3) is 0.304.